The maximum absolute atomic E-state index is 13.7. The molecule has 0 aliphatic rings. The number of aliphatic hydroxyl groups is 1. The van der Waals surface area contributed by atoms with Gasteiger partial charge < -0.3 is 9.84 Å². The Morgan fingerprint density at radius 3 is 2.84 bits per heavy atom. The Balaban J connectivity index is 1.93. The van der Waals surface area contributed by atoms with Crippen LogP contribution in [-0.2, 0) is 6.42 Å². The number of hydrogen-bond donors (Lipinski definition) is 1. The third-order valence-corrected chi connectivity index (χ3v) is 2.81. The molecule has 1 heterocycles. The molecule has 1 aromatic heterocycles. The summed E-state index contributed by atoms with van der Waals surface area (Å²) in [5.74, 6) is -0.252. The molecule has 100 valence electrons. The van der Waals surface area contributed by atoms with E-state index in [2.05, 4.69) is 4.98 Å². The molecule has 0 saturated carbocycles. The maximum atomic E-state index is 13.7. The fraction of sp³-hybridized carbons (Fsp3) is 0.267. The van der Waals surface area contributed by atoms with Gasteiger partial charge in [0.15, 0.2) is 11.6 Å². The normalized spacial score (nSPS) is 12.2. The molecule has 1 atom stereocenters. The van der Waals surface area contributed by atoms with Crippen molar-refractivity contribution in [2.24, 2.45) is 0 Å². The van der Waals surface area contributed by atoms with Crippen LogP contribution < -0.4 is 4.74 Å². The van der Waals surface area contributed by atoms with E-state index >= 15 is 0 Å². The van der Waals surface area contributed by atoms with E-state index in [0.717, 1.165) is 5.56 Å². The van der Waals surface area contributed by atoms with Gasteiger partial charge in [0.05, 0.1) is 12.7 Å². The highest BCUT2D eigenvalue weighted by atomic mass is 19.1. The average Bonchev–Trinajstić information content (AvgIpc) is 2.41. The first kappa shape index (κ1) is 13.5. The molecule has 3 nitrogen and oxygen atoms in total. The number of aliphatic hydroxyl groups excluding tert-OH is 1. The van der Waals surface area contributed by atoms with Gasteiger partial charge >= 0.3 is 0 Å². The second kappa shape index (κ2) is 6.29. The van der Waals surface area contributed by atoms with E-state index in [1.54, 1.807) is 31.5 Å². The van der Waals surface area contributed by atoms with Gasteiger partial charge in [-0.1, -0.05) is 12.1 Å². The van der Waals surface area contributed by atoms with Crippen molar-refractivity contribution in [1.29, 1.82) is 0 Å². The summed E-state index contributed by atoms with van der Waals surface area (Å²) >= 11 is 0. The fourth-order valence-electron chi connectivity index (χ4n) is 1.72. The van der Waals surface area contributed by atoms with Crippen molar-refractivity contribution in [1.82, 2.24) is 4.98 Å². The number of halogens is 1. The molecule has 2 aromatic rings. The molecule has 0 radical (unpaired) electrons. The lowest BCUT2D eigenvalue weighted by Crippen LogP contribution is -2.03. The SMILES string of the molecule is C[C@@H](O)c1ccc(OCCc2cccnc2)c(F)c1. The second-order valence-corrected chi connectivity index (χ2v) is 4.33. The lowest BCUT2D eigenvalue weighted by molar-refractivity contribution is 0.198. The lowest BCUT2D eigenvalue weighted by atomic mass is 10.1. The molecule has 0 spiro atoms. The Morgan fingerprint density at radius 1 is 1.37 bits per heavy atom. The molecule has 2 rings (SSSR count). The Bertz CT molecular complexity index is 529. The predicted octanol–water partition coefficient (Wildman–Crippen LogP) is 2.90. The molecular weight excluding hydrogens is 245 g/mol. The van der Waals surface area contributed by atoms with E-state index in [1.807, 2.05) is 12.1 Å². The van der Waals surface area contributed by atoms with E-state index in [0.29, 0.717) is 18.6 Å². The van der Waals surface area contributed by atoms with Crippen molar-refractivity contribution in [2.45, 2.75) is 19.4 Å². The van der Waals surface area contributed by atoms with Crippen molar-refractivity contribution in [3.8, 4) is 5.75 Å². The van der Waals surface area contributed by atoms with Crippen molar-refractivity contribution >= 4 is 0 Å². The van der Waals surface area contributed by atoms with Gasteiger partial charge in [0, 0.05) is 18.8 Å². The molecule has 0 saturated heterocycles. The number of nitrogens with zero attached hydrogens (tertiary/aromatic N) is 1. The highest BCUT2D eigenvalue weighted by Gasteiger charge is 2.07. The van der Waals surface area contributed by atoms with Crippen LogP contribution in [-0.4, -0.2) is 16.7 Å². The minimum Gasteiger partial charge on any atom is -0.490 e. The molecular formula is C15H16FNO2. The van der Waals surface area contributed by atoms with Crippen LogP contribution in [0.5, 0.6) is 5.75 Å². The Hall–Kier alpha value is -1.94. The standard InChI is InChI=1S/C15H16FNO2/c1-11(18)13-4-5-15(14(16)9-13)19-8-6-12-3-2-7-17-10-12/h2-5,7,9-11,18H,6,8H2,1H3/t11-/m1/s1. The molecule has 19 heavy (non-hydrogen) atoms. The zero-order chi connectivity index (χ0) is 13.7. The zero-order valence-corrected chi connectivity index (χ0v) is 10.7. The van der Waals surface area contributed by atoms with Gasteiger partial charge in [-0.2, -0.15) is 0 Å². The average molecular weight is 261 g/mol. The van der Waals surface area contributed by atoms with Gasteiger partial charge in [0.2, 0.25) is 0 Å². The predicted molar refractivity (Wildman–Crippen MR) is 70.5 cm³/mol. The molecule has 0 bridgehead atoms. The third-order valence-electron chi connectivity index (χ3n) is 2.81. The summed E-state index contributed by atoms with van der Waals surface area (Å²) < 4.78 is 19.1. The maximum Gasteiger partial charge on any atom is 0.165 e. The number of hydrogen-bond acceptors (Lipinski definition) is 3. The van der Waals surface area contributed by atoms with E-state index in [9.17, 15) is 9.50 Å². The number of ether oxygens (including phenoxy) is 1. The minimum absolute atomic E-state index is 0.202. The first-order valence-electron chi connectivity index (χ1n) is 6.16. The van der Waals surface area contributed by atoms with Crippen LogP contribution in [0.2, 0.25) is 0 Å². The lowest BCUT2D eigenvalue weighted by Gasteiger charge is -2.10. The Labute approximate surface area is 111 Å². The summed E-state index contributed by atoms with van der Waals surface area (Å²) in [7, 11) is 0. The third kappa shape index (κ3) is 3.76. The van der Waals surface area contributed by atoms with Crippen LogP contribution in [0.3, 0.4) is 0 Å². The molecule has 0 aliphatic heterocycles. The summed E-state index contributed by atoms with van der Waals surface area (Å²) in [6.07, 6.45) is 3.46. The van der Waals surface area contributed by atoms with Crippen LogP contribution in [0.1, 0.15) is 24.2 Å². The molecule has 4 heteroatoms. The summed E-state index contributed by atoms with van der Waals surface area (Å²) in [4.78, 5) is 4.00. The molecule has 1 N–H and O–H groups in total. The monoisotopic (exact) mass is 261 g/mol. The van der Waals surface area contributed by atoms with Crippen molar-refractivity contribution in [3.63, 3.8) is 0 Å². The largest absolute Gasteiger partial charge is 0.490 e. The quantitative estimate of drug-likeness (QED) is 0.899. The van der Waals surface area contributed by atoms with Crippen molar-refractivity contribution in [2.75, 3.05) is 6.61 Å². The molecule has 0 unspecified atom stereocenters. The number of aromatic nitrogens is 1. The highest BCUT2D eigenvalue weighted by molar-refractivity contribution is 5.30. The highest BCUT2D eigenvalue weighted by Crippen LogP contribution is 2.22. The molecule has 0 amide bonds. The van der Waals surface area contributed by atoms with Crippen molar-refractivity contribution in [3.05, 3.63) is 59.7 Å². The van der Waals surface area contributed by atoms with E-state index in [4.69, 9.17) is 4.74 Å². The minimum atomic E-state index is -0.682. The second-order valence-electron chi connectivity index (χ2n) is 4.33. The van der Waals surface area contributed by atoms with Crippen LogP contribution >= 0.6 is 0 Å². The smallest absolute Gasteiger partial charge is 0.165 e. The van der Waals surface area contributed by atoms with Gasteiger partial charge in [-0.25, -0.2) is 4.39 Å². The fourth-order valence-corrected chi connectivity index (χ4v) is 1.72. The van der Waals surface area contributed by atoms with E-state index in [1.165, 1.54) is 6.07 Å². The Morgan fingerprint density at radius 2 is 2.21 bits per heavy atom. The van der Waals surface area contributed by atoms with Gasteiger partial charge in [0.25, 0.3) is 0 Å². The number of pyridine rings is 1. The summed E-state index contributed by atoms with van der Waals surface area (Å²) in [5.41, 5.74) is 1.58. The van der Waals surface area contributed by atoms with Gasteiger partial charge in [-0.15, -0.1) is 0 Å². The van der Waals surface area contributed by atoms with Crippen LogP contribution in [0.15, 0.2) is 42.7 Å². The van der Waals surface area contributed by atoms with Crippen LogP contribution in [0.25, 0.3) is 0 Å². The summed E-state index contributed by atoms with van der Waals surface area (Å²) in [6, 6.07) is 8.30. The van der Waals surface area contributed by atoms with Crippen molar-refractivity contribution < 1.29 is 14.2 Å². The first-order chi connectivity index (χ1) is 9.16. The van der Waals surface area contributed by atoms with E-state index in [-0.39, 0.29) is 5.75 Å². The van der Waals surface area contributed by atoms with Gasteiger partial charge in [-0.3, -0.25) is 4.98 Å². The molecule has 0 aliphatic carbocycles. The van der Waals surface area contributed by atoms with Crippen LogP contribution in [0.4, 0.5) is 4.39 Å². The van der Waals surface area contributed by atoms with Crippen LogP contribution in [0, 0.1) is 5.82 Å². The topological polar surface area (TPSA) is 42.4 Å². The number of rotatable bonds is 5. The number of benzene rings is 1. The van der Waals surface area contributed by atoms with E-state index < -0.39 is 11.9 Å². The van der Waals surface area contributed by atoms with Gasteiger partial charge in [-0.05, 0) is 36.2 Å². The summed E-state index contributed by atoms with van der Waals surface area (Å²) in [5, 5.41) is 9.35. The molecule has 0 fully saturated rings. The Kier molecular flexibility index (Phi) is 4.47. The summed E-state index contributed by atoms with van der Waals surface area (Å²) in [6.45, 7) is 1.98. The first-order valence-corrected chi connectivity index (χ1v) is 6.16. The van der Waals surface area contributed by atoms with Gasteiger partial charge in [0.1, 0.15) is 0 Å². The molecule has 1 aromatic carbocycles. The zero-order valence-electron chi connectivity index (χ0n) is 10.7.